The molecule has 76 valence electrons. The highest BCUT2D eigenvalue weighted by atomic mass is 79.9. The molecule has 3 heteroatoms. The van der Waals surface area contributed by atoms with Crippen molar-refractivity contribution in [3.63, 3.8) is 0 Å². The Morgan fingerprint density at radius 3 is 2.50 bits per heavy atom. The largest absolute Gasteiger partial charge is 0.355 e. The quantitative estimate of drug-likeness (QED) is 0.866. The fraction of sp³-hybridized carbons (Fsp3) is 0.364. The van der Waals surface area contributed by atoms with Gasteiger partial charge in [-0.2, -0.15) is 0 Å². The maximum atomic E-state index is 11.4. The Kier molecular flexibility index (Phi) is 3.69. The first-order chi connectivity index (χ1) is 6.54. The molecule has 0 fully saturated rings. The molecule has 0 aliphatic carbocycles. The highest BCUT2D eigenvalue weighted by Crippen LogP contribution is 2.21. The molecule has 1 N–H and O–H groups in total. The van der Waals surface area contributed by atoms with E-state index >= 15 is 0 Å². The van der Waals surface area contributed by atoms with Gasteiger partial charge in [0.05, 0.1) is 0 Å². The molecule has 0 saturated carbocycles. The van der Waals surface area contributed by atoms with E-state index in [9.17, 15) is 4.79 Å². The van der Waals surface area contributed by atoms with E-state index in [1.54, 1.807) is 7.05 Å². The van der Waals surface area contributed by atoms with Gasteiger partial charge in [-0.1, -0.05) is 29.8 Å². The van der Waals surface area contributed by atoms with Crippen LogP contribution in [-0.4, -0.2) is 13.0 Å². The van der Waals surface area contributed by atoms with Crippen molar-refractivity contribution >= 4 is 21.8 Å². The van der Waals surface area contributed by atoms with E-state index in [1.165, 1.54) is 0 Å². The van der Waals surface area contributed by atoms with Crippen molar-refractivity contribution in [2.24, 2.45) is 0 Å². The van der Waals surface area contributed by atoms with Crippen LogP contribution in [0.2, 0.25) is 0 Å². The maximum absolute atomic E-state index is 11.4. The van der Waals surface area contributed by atoms with Gasteiger partial charge < -0.3 is 5.32 Å². The third-order valence-electron chi connectivity index (χ3n) is 2.08. The molecule has 0 bridgehead atoms. The van der Waals surface area contributed by atoms with Gasteiger partial charge in [0.2, 0.25) is 0 Å². The molecule has 0 saturated heterocycles. The van der Waals surface area contributed by atoms with Crippen molar-refractivity contribution in [2.45, 2.75) is 19.8 Å². The molecular weight excluding hydrogens is 242 g/mol. The van der Waals surface area contributed by atoms with Gasteiger partial charge in [-0.05, 0) is 29.7 Å². The Balaban J connectivity index is 3.13. The van der Waals surface area contributed by atoms with Crippen LogP contribution in [-0.2, 0) is 0 Å². The van der Waals surface area contributed by atoms with Crippen molar-refractivity contribution in [3.8, 4) is 0 Å². The number of halogens is 1. The zero-order valence-electron chi connectivity index (χ0n) is 8.60. The summed E-state index contributed by atoms with van der Waals surface area (Å²) in [6.45, 7) is 4.21. The highest BCUT2D eigenvalue weighted by molar-refractivity contribution is 9.10. The molecule has 1 rings (SSSR count). The van der Waals surface area contributed by atoms with E-state index in [4.69, 9.17) is 0 Å². The molecule has 14 heavy (non-hydrogen) atoms. The summed E-state index contributed by atoms with van der Waals surface area (Å²) >= 11 is 3.40. The van der Waals surface area contributed by atoms with Gasteiger partial charge in [0.25, 0.3) is 5.91 Å². The fourth-order valence-electron chi connectivity index (χ4n) is 1.22. The van der Waals surface area contributed by atoms with E-state index in [0.29, 0.717) is 11.5 Å². The first kappa shape index (κ1) is 11.2. The monoisotopic (exact) mass is 255 g/mol. The van der Waals surface area contributed by atoms with Crippen LogP contribution in [0, 0.1) is 0 Å². The Bertz CT molecular complexity index is 347. The normalized spacial score (nSPS) is 10.4. The van der Waals surface area contributed by atoms with Gasteiger partial charge in [-0.15, -0.1) is 0 Å². The zero-order valence-corrected chi connectivity index (χ0v) is 10.2. The molecule has 0 aliphatic heterocycles. The summed E-state index contributed by atoms with van der Waals surface area (Å²) in [4.78, 5) is 11.4. The summed E-state index contributed by atoms with van der Waals surface area (Å²) in [5.74, 6) is 0.379. The van der Waals surface area contributed by atoms with E-state index in [0.717, 1.165) is 10.0 Å². The van der Waals surface area contributed by atoms with Gasteiger partial charge in [-0.25, -0.2) is 0 Å². The molecule has 0 atom stereocenters. The van der Waals surface area contributed by atoms with Gasteiger partial charge in [0.15, 0.2) is 0 Å². The first-order valence-corrected chi connectivity index (χ1v) is 5.36. The van der Waals surface area contributed by atoms with Gasteiger partial charge in [-0.3, -0.25) is 4.79 Å². The predicted molar refractivity (Wildman–Crippen MR) is 61.6 cm³/mol. The molecule has 0 unspecified atom stereocenters. The van der Waals surface area contributed by atoms with Crippen LogP contribution in [0.3, 0.4) is 0 Å². The molecule has 0 aromatic heterocycles. The number of carbonyl (C=O) groups is 1. The molecule has 0 radical (unpaired) electrons. The highest BCUT2D eigenvalue weighted by Gasteiger charge is 2.07. The van der Waals surface area contributed by atoms with E-state index in [1.807, 2.05) is 18.2 Å². The predicted octanol–water partition coefficient (Wildman–Crippen LogP) is 2.93. The van der Waals surface area contributed by atoms with Crippen molar-refractivity contribution in [3.05, 3.63) is 33.8 Å². The summed E-state index contributed by atoms with van der Waals surface area (Å²) in [6.07, 6.45) is 0. The summed E-state index contributed by atoms with van der Waals surface area (Å²) in [5, 5.41) is 2.61. The van der Waals surface area contributed by atoms with Crippen LogP contribution in [0.15, 0.2) is 22.7 Å². The fourth-order valence-corrected chi connectivity index (χ4v) is 1.73. The number of hydrogen-bond acceptors (Lipinski definition) is 1. The lowest BCUT2D eigenvalue weighted by Crippen LogP contribution is -2.18. The Labute approximate surface area is 92.8 Å². The average Bonchev–Trinajstić information content (AvgIpc) is 2.15. The molecule has 2 nitrogen and oxygen atoms in total. The van der Waals surface area contributed by atoms with Crippen LogP contribution < -0.4 is 5.32 Å². The lowest BCUT2D eigenvalue weighted by atomic mass is 10.0. The second-order valence-corrected chi connectivity index (χ2v) is 4.42. The molecule has 1 amide bonds. The van der Waals surface area contributed by atoms with E-state index in [-0.39, 0.29) is 5.91 Å². The van der Waals surface area contributed by atoms with Crippen molar-refractivity contribution in [1.29, 1.82) is 0 Å². The maximum Gasteiger partial charge on any atom is 0.251 e. The summed E-state index contributed by atoms with van der Waals surface area (Å²) in [7, 11) is 1.64. The minimum Gasteiger partial charge on any atom is -0.355 e. The number of rotatable bonds is 2. The molecule has 0 spiro atoms. The Morgan fingerprint density at radius 2 is 2.00 bits per heavy atom. The lowest BCUT2D eigenvalue weighted by molar-refractivity contribution is 0.0963. The lowest BCUT2D eigenvalue weighted by Gasteiger charge is -2.08. The summed E-state index contributed by atoms with van der Waals surface area (Å²) in [6, 6.07) is 5.79. The van der Waals surface area contributed by atoms with Crippen LogP contribution in [0.1, 0.15) is 35.7 Å². The average molecular weight is 256 g/mol. The Morgan fingerprint density at radius 1 is 1.36 bits per heavy atom. The molecular formula is C11H14BrNO. The summed E-state index contributed by atoms with van der Waals surface area (Å²) < 4.78 is 0.947. The smallest absolute Gasteiger partial charge is 0.251 e. The summed E-state index contributed by atoms with van der Waals surface area (Å²) in [5.41, 5.74) is 1.86. The Hall–Kier alpha value is -0.830. The number of carbonyl (C=O) groups excluding carboxylic acids is 1. The van der Waals surface area contributed by atoms with Crippen molar-refractivity contribution in [2.75, 3.05) is 7.05 Å². The SMILES string of the molecule is CNC(=O)c1cc(Br)cc(C(C)C)c1. The molecule has 0 aliphatic rings. The number of nitrogens with one attached hydrogen (secondary N) is 1. The van der Waals surface area contributed by atoms with Crippen molar-refractivity contribution < 1.29 is 4.79 Å². The third kappa shape index (κ3) is 2.58. The van der Waals surface area contributed by atoms with E-state index < -0.39 is 0 Å². The van der Waals surface area contributed by atoms with Gasteiger partial charge in [0, 0.05) is 17.1 Å². The van der Waals surface area contributed by atoms with Gasteiger partial charge in [0.1, 0.15) is 0 Å². The number of benzene rings is 1. The van der Waals surface area contributed by atoms with Crippen LogP contribution >= 0.6 is 15.9 Å². The zero-order chi connectivity index (χ0) is 10.7. The second-order valence-electron chi connectivity index (χ2n) is 3.51. The van der Waals surface area contributed by atoms with Crippen LogP contribution in [0.25, 0.3) is 0 Å². The number of amides is 1. The minimum atomic E-state index is -0.0480. The van der Waals surface area contributed by atoms with Crippen LogP contribution in [0.5, 0.6) is 0 Å². The molecule has 0 heterocycles. The van der Waals surface area contributed by atoms with Crippen molar-refractivity contribution in [1.82, 2.24) is 5.32 Å². The van der Waals surface area contributed by atoms with E-state index in [2.05, 4.69) is 35.1 Å². The third-order valence-corrected chi connectivity index (χ3v) is 2.53. The molecule has 1 aromatic carbocycles. The van der Waals surface area contributed by atoms with Gasteiger partial charge >= 0.3 is 0 Å². The minimum absolute atomic E-state index is 0.0480. The second kappa shape index (κ2) is 4.60. The van der Waals surface area contributed by atoms with Crippen LogP contribution in [0.4, 0.5) is 0 Å². The molecule has 1 aromatic rings. The number of hydrogen-bond donors (Lipinski definition) is 1. The topological polar surface area (TPSA) is 29.1 Å². The standard InChI is InChI=1S/C11H14BrNO/c1-7(2)8-4-9(11(14)13-3)6-10(12)5-8/h4-7H,1-3H3,(H,13,14). The first-order valence-electron chi connectivity index (χ1n) is 4.57.